The van der Waals surface area contributed by atoms with E-state index in [9.17, 15) is 24.3 Å². The molecule has 10 heteroatoms. The van der Waals surface area contributed by atoms with Gasteiger partial charge in [0.25, 0.3) is 0 Å². The number of nitrogens with one attached hydrogen (secondary N) is 1. The highest BCUT2D eigenvalue weighted by molar-refractivity contribution is 5.99. The van der Waals surface area contributed by atoms with Crippen LogP contribution < -0.4 is 5.32 Å². The Bertz CT molecular complexity index is 1080. The number of carbonyl (C=O) groups excluding carboxylic acids is 4. The molecular weight excluding hydrogens is 514 g/mol. The van der Waals surface area contributed by atoms with Crippen molar-refractivity contribution in [3.63, 3.8) is 0 Å². The predicted molar refractivity (Wildman–Crippen MR) is 148 cm³/mol. The summed E-state index contributed by atoms with van der Waals surface area (Å²) in [7, 11) is 0. The number of allylic oxidation sites excluding steroid dienone is 1. The molecule has 6 atom stereocenters. The summed E-state index contributed by atoms with van der Waals surface area (Å²) in [5, 5.41) is 12.4. The van der Waals surface area contributed by atoms with Gasteiger partial charge in [-0.1, -0.05) is 45.1 Å². The molecule has 0 aromatic rings. The van der Waals surface area contributed by atoms with E-state index in [0.717, 1.165) is 0 Å². The summed E-state index contributed by atoms with van der Waals surface area (Å²) in [4.78, 5) is 57.8. The van der Waals surface area contributed by atoms with Gasteiger partial charge in [0.05, 0.1) is 18.6 Å². The Morgan fingerprint density at radius 3 is 2.50 bits per heavy atom. The molecule has 0 aromatic carbocycles. The minimum atomic E-state index is -1.30. The molecule has 1 spiro atoms. The zero-order valence-corrected chi connectivity index (χ0v) is 24.6. The van der Waals surface area contributed by atoms with Crippen LogP contribution in [0.15, 0.2) is 24.3 Å². The van der Waals surface area contributed by atoms with E-state index in [1.807, 2.05) is 26.0 Å². The molecule has 40 heavy (non-hydrogen) atoms. The van der Waals surface area contributed by atoms with Crippen LogP contribution >= 0.6 is 0 Å². The molecular formula is C30H45N3O7. The van der Waals surface area contributed by atoms with Gasteiger partial charge in [-0.15, -0.1) is 0 Å². The fourth-order valence-electron chi connectivity index (χ4n) is 7.05. The van der Waals surface area contributed by atoms with Crippen LogP contribution in [0.2, 0.25) is 0 Å². The van der Waals surface area contributed by atoms with E-state index >= 15 is 0 Å². The maximum atomic E-state index is 14.7. The van der Waals surface area contributed by atoms with Crippen LogP contribution in [0, 0.1) is 17.3 Å². The number of hydrogen-bond acceptors (Lipinski definition) is 7. The van der Waals surface area contributed by atoms with Crippen molar-refractivity contribution in [2.24, 2.45) is 17.3 Å². The molecule has 10 nitrogen and oxygen atoms in total. The van der Waals surface area contributed by atoms with Gasteiger partial charge in [0.15, 0.2) is 0 Å². The fraction of sp³-hybridized carbons (Fsp3) is 0.733. The van der Waals surface area contributed by atoms with Gasteiger partial charge in [0.1, 0.15) is 23.7 Å². The summed E-state index contributed by atoms with van der Waals surface area (Å²) in [6.45, 7) is 12.6. The van der Waals surface area contributed by atoms with E-state index < -0.39 is 47.2 Å². The SMILES string of the molecule is C[C@H]1CNC(=O)CC/C=C\CN(C(C)(C)CC(C)(C)C)C(=O)[C@H]2N(CCCO)C(=O)[C@@H]3[C@@H](C(=O)O1)[C@H]1C=C[C@]32O1. The summed E-state index contributed by atoms with van der Waals surface area (Å²) < 4.78 is 12.1. The number of carbonyl (C=O) groups is 4. The molecule has 4 aliphatic heterocycles. The second kappa shape index (κ2) is 11.3. The van der Waals surface area contributed by atoms with Gasteiger partial charge in [0.2, 0.25) is 17.7 Å². The van der Waals surface area contributed by atoms with Gasteiger partial charge < -0.3 is 29.7 Å². The molecule has 4 rings (SSSR count). The Hall–Kier alpha value is -2.72. The summed E-state index contributed by atoms with van der Waals surface area (Å²) in [5.74, 6) is -3.16. The average molecular weight is 560 g/mol. The summed E-state index contributed by atoms with van der Waals surface area (Å²) >= 11 is 0. The summed E-state index contributed by atoms with van der Waals surface area (Å²) in [5.41, 5.74) is -1.98. The number of fused-ring (bicyclic) bond motifs is 2. The second-order valence-electron chi connectivity index (χ2n) is 13.4. The number of rotatable bonds is 5. The molecule has 3 amide bonds. The lowest BCUT2D eigenvalue weighted by atomic mass is 9.74. The minimum Gasteiger partial charge on any atom is -0.460 e. The Labute approximate surface area is 237 Å². The van der Waals surface area contributed by atoms with E-state index in [1.54, 1.807) is 24.0 Å². The van der Waals surface area contributed by atoms with Crippen molar-refractivity contribution >= 4 is 23.7 Å². The molecule has 2 N–H and O–H groups in total. The first-order valence-corrected chi connectivity index (χ1v) is 14.4. The third kappa shape index (κ3) is 5.70. The lowest BCUT2D eigenvalue weighted by Crippen LogP contribution is -2.60. The first kappa shape index (κ1) is 30.2. The molecule has 0 aromatic heterocycles. The smallest absolute Gasteiger partial charge is 0.313 e. The Balaban J connectivity index is 1.80. The molecule has 5 bridgehead atoms. The van der Waals surface area contributed by atoms with E-state index in [0.29, 0.717) is 25.8 Å². The monoisotopic (exact) mass is 559 g/mol. The number of aliphatic hydroxyl groups is 1. The van der Waals surface area contributed by atoms with Crippen molar-refractivity contribution in [3.05, 3.63) is 24.3 Å². The zero-order valence-electron chi connectivity index (χ0n) is 24.6. The molecule has 2 fully saturated rings. The molecule has 0 aliphatic carbocycles. The molecule has 2 saturated heterocycles. The topological polar surface area (TPSA) is 125 Å². The van der Waals surface area contributed by atoms with Crippen molar-refractivity contribution in [2.45, 2.75) is 96.6 Å². The number of ether oxygens (including phenoxy) is 2. The largest absolute Gasteiger partial charge is 0.460 e. The number of esters is 1. The van der Waals surface area contributed by atoms with E-state index in [4.69, 9.17) is 9.47 Å². The molecule has 4 heterocycles. The highest BCUT2D eigenvalue weighted by Crippen LogP contribution is 2.56. The van der Waals surface area contributed by atoms with Crippen LogP contribution in [-0.4, -0.2) is 94.2 Å². The third-order valence-electron chi connectivity index (χ3n) is 8.29. The third-order valence-corrected chi connectivity index (χ3v) is 8.29. The Kier molecular flexibility index (Phi) is 8.53. The lowest BCUT2D eigenvalue weighted by Gasteiger charge is -2.45. The standard InChI is InChI=1S/C30H45N3O7/c1-19-17-31-21(35)11-8-7-9-15-33(29(5,6)18-28(2,3)4)26(37)24-30-13-12-20(40-30)22(27(38)39-19)23(30)25(36)32(24)14-10-16-34/h7,9,12-13,19-20,22-24,34H,8,10-11,14-18H2,1-6H3,(H,31,35)/b9-7-/t19-,20+,22-,23-,24+,30-/m0/s1. The highest BCUT2D eigenvalue weighted by Gasteiger charge is 2.73. The van der Waals surface area contributed by atoms with Gasteiger partial charge >= 0.3 is 5.97 Å². The van der Waals surface area contributed by atoms with Crippen LogP contribution in [0.5, 0.6) is 0 Å². The normalized spacial score (nSPS) is 34.2. The molecule has 4 aliphatic rings. The van der Waals surface area contributed by atoms with Crippen molar-refractivity contribution < 1.29 is 33.8 Å². The van der Waals surface area contributed by atoms with Crippen LogP contribution in [-0.2, 0) is 28.7 Å². The zero-order chi connectivity index (χ0) is 29.5. The van der Waals surface area contributed by atoms with Gasteiger partial charge in [-0.25, -0.2) is 0 Å². The van der Waals surface area contributed by atoms with Gasteiger partial charge in [-0.2, -0.15) is 0 Å². The number of amides is 3. The van der Waals surface area contributed by atoms with Crippen molar-refractivity contribution in [1.82, 2.24) is 15.1 Å². The summed E-state index contributed by atoms with van der Waals surface area (Å²) in [6, 6.07) is -0.986. The number of hydrogen-bond donors (Lipinski definition) is 2. The fourth-order valence-corrected chi connectivity index (χ4v) is 7.05. The maximum absolute atomic E-state index is 14.7. The highest BCUT2D eigenvalue weighted by atomic mass is 16.6. The number of likely N-dealkylation sites (tertiary alicyclic amines) is 1. The number of aliphatic hydroxyl groups excluding tert-OH is 1. The quantitative estimate of drug-likeness (QED) is 0.390. The van der Waals surface area contributed by atoms with Crippen LogP contribution in [0.3, 0.4) is 0 Å². The van der Waals surface area contributed by atoms with E-state index in [-0.39, 0.29) is 49.3 Å². The molecule has 0 unspecified atom stereocenters. The first-order chi connectivity index (χ1) is 18.7. The second-order valence-corrected chi connectivity index (χ2v) is 13.4. The molecule has 0 saturated carbocycles. The minimum absolute atomic E-state index is 0.0876. The van der Waals surface area contributed by atoms with Crippen molar-refractivity contribution in [3.8, 4) is 0 Å². The van der Waals surface area contributed by atoms with Gasteiger partial charge in [-0.05, 0) is 45.4 Å². The van der Waals surface area contributed by atoms with Crippen molar-refractivity contribution in [1.29, 1.82) is 0 Å². The lowest BCUT2D eigenvalue weighted by molar-refractivity contribution is -0.159. The summed E-state index contributed by atoms with van der Waals surface area (Å²) in [6.07, 6.45) is 7.81. The van der Waals surface area contributed by atoms with Crippen LogP contribution in [0.25, 0.3) is 0 Å². The first-order valence-electron chi connectivity index (χ1n) is 14.4. The number of nitrogens with zero attached hydrogens (tertiary/aromatic N) is 2. The van der Waals surface area contributed by atoms with Gasteiger partial charge in [-0.3, -0.25) is 19.2 Å². The Morgan fingerprint density at radius 2 is 1.82 bits per heavy atom. The van der Waals surface area contributed by atoms with E-state index in [2.05, 4.69) is 26.1 Å². The van der Waals surface area contributed by atoms with Crippen LogP contribution in [0.4, 0.5) is 0 Å². The predicted octanol–water partition coefficient (Wildman–Crippen LogP) is 1.96. The number of cyclic esters (lactones) is 1. The maximum Gasteiger partial charge on any atom is 0.313 e. The average Bonchev–Trinajstić information content (AvgIpc) is 3.48. The van der Waals surface area contributed by atoms with Crippen LogP contribution in [0.1, 0.15) is 67.2 Å². The van der Waals surface area contributed by atoms with E-state index in [1.165, 1.54) is 4.90 Å². The Morgan fingerprint density at radius 1 is 1.10 bits per heavy atom. The molecule has 222 valence electrons. The van der Waals surface area contributed by atoms with Gasteiger partial charge in [0, 0.05) is 31.7 Å². The van der Waals surface area contributed by atoms with Crippen molar-refractivity contribution in [2.75, 3.05) is 26.2 Å². The molecule has 0 radical (unpaired) electrons.